The van der Waals surface area contributed by atoms with E-state index in [2.05, 4.69) is 64.2 Å². The fourth-order valence-electron chi connectivity index (χ4n) is 3.91. The molecule has 3 aromatic rings. The summed E-state index contributed by atoms with van der Waals surface area (Å²) in [4.78, 5) is 25.2. The number of aryl methyl sites for hydroxylation is 2. The SMILES string of the molecule is Cc1ccccc1Cc1c(C)nc(N2CCN(Cc3ccccc3)CC2)[nH]c1=O. The summed E-state index contributed by atoms with van der Waals surface area (Å²) in [5.74, 6) is 0.695. The van der Waals surface area contributed by atoms with E-state index in [0.717, 1.165) is 44.0 Å². The lowest BCUT2D eigenvalue weighted by Gasteiger charge is -2.35. The summed E-state index contributed by atoms with van der Waals surface area (Å²) in [5, 5.41) is 0. The molecule has 0 amide bonds. The van der Waals surface area contributed by atoms with Crippen LogP contribution in [0, 0.1) is 13.8 Å². The molecular formula is C24H28N4O. The molecule has 1 aliphatic rings. The maximum atomic E-state index is 12.8. The molecule has 0 atom stereocenters. The van der Waals surface area contributed by atoms with Crippen LogP contribution in [0.3, 0.4) is 0 Å². The van der Waals surface area contributed by atoms with E-state index in [9.17, 15) is 4.79 Å². The van der Waals surface area contributed by atoms with E-state index in [4.69, 9.17) is 4.98 Å². The second-order valence-corrected chi connectivity index (χ2v) is 7.81. The Bertz CT molecular complexity index is 1020. The highest BCUT2D eigenvalue weighted by Crippen LogP contribution is 2.16. The van der Waals surface area contributed by atoms with Crippen molar-refractivity contribution in [3.63, 3.8) is 0 Å². The zero-order valence-corrected chi connectivity index (χ0v) is 17.2. The van der Waals surface area contributed by atoms with Crippen molar-refractivity contribution in [3.8, 4) is 0 Å². The number of hydrogen-bond acceptors (Lipinski definition) is 4. The Morgan fingerprint density at radius 3 is 2.31 bits per heavy atom. The maximum absolute atomic E-state index is 12.8. The van der Waals surface area contributed by atoms with Gasteiger partial charge < -0.3 is 4.90 Å². The number of piperazine rings is 1. The normalized spacial score (nSPS) is 14.9. The highest BCUT2D eigenvalue weighted by molar-refractivity contribution is 5.37. The van der Waals surface area contributed by atoms with Crippen LogP contribution in [0.25, 0.3) is 0 Å². The average Bonchev–Trinajstić information content (AvgIpc) is 2.73. The molecule has 1 aliphatic heterocycles. The summed E-state index contributed by atoms with van der Waals surface area (Å²) in [6.07, 6.45) is 0.617. The van der Waals surface area contributed by atoms with Gasteiger partial charge in [0.05, 0.1) is 5.69 Å². The molecule has 0 bridgehead atoms. The van der Waals surface area contributed by atoms with E-state index >= 15 is 0 Å². The number of rotatable bonds is 5. The van der Waals surface area contributed by atoms with Crippen LogP contribution in [0.4, 0.5) is 5.95 Å². The van der Waals surface area contributed by atoms with Crippen LogP contribution in [0.5, 0.6) is 0 Å². The highest BCUT2D eigenvalue weighted by atomic mass is 16.1. The lowest BCUT2D eigenvalue weighted by atomic mass is 10.0. The number of benzene rings is 2. The number of anilines is 1. The van der Waals surface area contributed by atoms with Crippen molar-refractivity contribution in [2.75, 3.05) is 31.1 Å². The molecule has 0 unspecified atom stereocenters. The molecule has 1 N–H and O–H groups in total. The summed E-state index contributed by atoms with van der Waals surface area (Å²) < 4.78 is 0. The van der Waals surface area contributed by atoms with Gasteiger partial charge in [-0.15, -0.1) is 0 Å². The van der Waals surface area contributed by atoms with Crippen molar-refractivity contribution in [2.45, 2.75) is 26.8 Å². The molecule has 1 fully saturated rings. The lowest BCUT2D eigenvalue weighted by molar-refractivity contribution is 0.248. The topological polar surface area (TPSA) is 52.2 Å². The van der Waals surface area contributed by atoms with E-state index < -0.39 is 0 Å². The Morgan fingerprint density at radius 2 is 1.62 bits per heavy atom. The van der Waals surface area contributed by atoms with Crippen LogP contribution in [0.1, 0.15) is 27.9 Å². The molecule has 29 heavy (non-hydrogen) atoms. The Kier molecular flexibility index (Phi) is 5.76. The standard InChI is InChI=1S/C24H28N4O/c1-18-8-6-7-11-21(18)16-22-19(2)25-24(26-23(22)29)28-14-12-27(13-15-28)17-20-9-4-3-5-10-20/h3-11H,12-17H2,1-2H3,(H,25,26,29). The van der Waals surface area contributed by atoms with Gasteiger partial charge in [0.1, 0.15) is 0 Å². The minimum atomic E-state index is -0.0255. The fourth-order valence-corrected chi connectivity index (χ4v) is 3.91. The van der Waals surface area contributed by atoms with E-state index in [1.165, 1.54) is 16.7 Å². The monoisotopic (exact) mass is 388 g/mol. The third-order valence-corrected chi connectivity index (χ3v) is 5.76. The largest absolute Gasteiger partial charge is 0.340 e. The first-order valence-electron chi connectivity index (χ1n) is 10.3. The van der Waals surface area contributed by atoms with Gasteiger partial charge in [-0.1, -0.05) is 54.6 Å². The van der Waals surface area contributed by atoms with Gasteiger partial charge in [-0.05, 0) is 30.5 Å². The molecule has 4 rings (SSSR count). The van der Waals surface area contributed by atoms with Gasteiger partial charge in [0.15, 0.2) is 0 Å². The summed E-state index contributed by atoms with van der Waals surface area (Å²) in [5.41, 5.74) is 5.26. The van der Waals surface area contributed by atoms with Gasteiger partial charge in [-0.3, -0.25) is 14.7 Å². The molecule has 0 radical (unpaired) electrons. The Labute approximate surface area is 172 Å². The Balaban J connectivity index is 1.44. The molecular weight excluding hydrogens is 360 g/mol. The van der Waals surface area contributed by atoms with Crippen molar-refractivity contribution in [2.24, 2.45) is 0 Å². The minimum absolute atomic E-state index is 0.0255. The molecule has 5 heteroatoms. The van der Waals surface area contributed by atoms with Crippen LogP contribution in [0.2, 0.25) is 0 Å². The second-order valence-electron chi connectivity index (χ2n) is 7.81. The average molecular weight is 389 g/mol. The number of aromatic nitrogens is 2. The fraction of sp³-hybridized carbons (Fsp3) is 0.333. The molecule has 150 valence electrons. The van der Waals surface area contributed by atoms with Crippen molar-refractivity contribution < 1.29 is 0 Å². The zero-order chi connectivity index (χ0) is 20.2. The molecule has 0 aliphatic carbocycles. The van der Waals surface area contributed by atoms with E-state index in [1.54, 1.807) is 0 Å². The van der Waals surface area contributed by atoms with E-state index in [-0.39, 0.29) is 5.56 Å². The van der Waals surface area contributed by atoms with Crippen LogP contribution in [-0.4, -0.2) is 41.0 Å². The first kappa shape index (κ1) is 19.4. The molecule has 5 nitrogen and oxygen atoms in total. The molecule has 1 saturated heterocycles. The first-order chi connectivity index (χ1) is 14.1. The molecule has 2 aromatic carbocycles. The van der Waals surface area contributed by atoms with E-state index in [0.29, 0.717) is 12.4 Å². The Morgan fingerprint density at radius 1 is 0.931 bits per heavy atom. The number of hydrogen-bond donors (Lipinski definition) is 1. The highest BCUT2D eigenvalue weighted by Gasteiger charge is 2.20. The van der Waals surface area contributed by atoms with Crippen LogP contribution in [0.15, 0.2) is 59.4 Å². The summed E-state index contributed by atoms with van der Waals surface area (Å²) in [6, 6.07) is 18.8. The van der Waals surface area contributed by atoms with Crippen molar-refractivity contribution in [1.82, 2.24) is 14.9 Å². The van der Waals surface area contributed by atoms with Gasteiger partial charge in [0.2, 0.25) is 5.95 Å². The molecule has 0 spiro atoms. The van der Waals surface area contributed by atoms with Crippen LogP contribution >= 0.6 is 0 Å². The molecule has 1 aromatic heterocycles. The quantitative estimate of drug-likeness (QED) is 0.729. The summed E-state index contributed by atoms with van der Waals surface area (Å²) >= 11 is 0. The predicted molar refractivity (Wildman–Crippen MR) is 118 cm³/mol. The smallest absolute Gasteiger partial charge is 0.256 e. The Hall–Kier alpha value is -2.92. The predicted octanol–water partition coefficient (Wildman–Crippen LogP) is 3.30. The number of aromatic amines is 1. The molecule has 0 saturated carbocycles. The van der Waals surface area contributed by atoms with Gasteiger partial charge >= 0.3 is 0 Å². The van der Waals surface area contributed by atoms with Crippen LogP contribution < -0.4 is 10.5 Å². The zero-order valence-electron chi connectivity index (χ0n) is 17.2. The van der Waals surface area contributed by atoms with Crippen molar-refractivity contribution >= 4 is 5.95 Å². The number of H-pyrrole nitrogens is 1. The van der Waals surface area contributed by atoms with Crippen molar-refractivity contribution in [3.05, 3.63) is 92.9 Å². The summed E-state index contributed by atoms with van der Waals surface area (Å²) in [6.45, 7) is 8.64. The van der Waals surface area contributed by atoms with Gasteiger partial charge in [-0.2, -0.15) is 0 Å². The summed E-state index contributed by atoms with van der Waals surface area (Å²) in [7, 11) is 0. The van der Waals surface area contributed by atoms with Gasteiger partial charge in [0.25, 0.3) is 5.56 Å². The number of nitrogens with zero attached hydrogens (tertiary/aromatic N) is 3. The minimum Gasteiger partial charge on any atom is -0.340 e. The van der Waals surface area contributed by atoms with E-state index in [1.807, 2.05) is 19.1 Å². The first-order valence-corrected chi connectivity index (χ1v) is 10.3. The maximum Gasteiger partial charge on any atom is 0.256 e. The third-order valence-electron chi connectivity index (χ3n) is 5.76. The van der Waals surface area contributed by atoms with Gasteiger partial charge in [-0.25, -0.2) is 4.98 Å². The second kappa shape index (κ2) is 8.62. The molecule has 2 heterocycles. The van der Waals surface area contributed by atoms with Gasteiger partial charge in [0, 0.05) is 44.7 Å². The lowest BCUT2D eigenvalue weighted by Crippen LogP contribution is -2.47. The van der Waals surface area contributed by atoms with Crippen molar-refractivity contribution in [1.29, 1.82) is 0 Å². The number of nitrogens with one attached hydrogen (secondary N) is 1. The third kappa shape index (κ3) is 4.57. The van der Waals surface area contributed by atoms with Crippen LogP contribution in [-0.2, 0) is 13.0 Å².